The maximum Gasteiger partial charge on any atom is 0.222 e. The van der Waals surface area contributed by atoms with E-state index >= 15 is 0 Å². The number of amides is 2. The normalized spacial score (nSPS) is 28.9. The van der Waals surface area contributed by atoms with Crippen molar-refractivity contribution < 1.29 is 9.59 Å². The zero-order valence-electron chi connectivity index (χ0n) is 12.8. The number of likely N-dealkylation sites (tertiary alicyclic amines) is 1. The van der Waals surface area contributed by atoms with Crippen molar-refractivity contribution >= 4 is 24.2 Å². The Morgan fingerprint density at radius 1 is 1.24 bits per heavy atom. The number of halogens is 1. The van der Waals surface area contributed by atoms with Crippen LogP contribution in [-0.2, 0) is 9.59 Å². The van der Waals surface area contributed by atoms with Gasteiger partial charge in [0, 0.05) is 38.0 Å². The van der Waals surface area contributed by atoms with E-state index in [1.54, 1.807) is 0 Å². The van der Waals surface area contributed by atoms with E-state index in [9.17, 15) is 9.59 Å². The van der Waals surface area contributed by atoms with Crippen molar-refractivity contribution in [3.8, 4) is 0 Å². The number of carbonyl (C=O) groups is 2. The zero-order valence-corrected chi connectivity index (χ0v) is 13.7. The van der Waals surface area contributed by atoms with Gasteiger partial charge in [0.25, 0.3) is 0 Å². The van der Waals surface area contributed by atoms with Crippen LogP contribution in [0.2, 0.25) is 0 Å². The van der Waals surface area contributed by atoms with Crippen LogP contribution < -0.4 is 11.1 Å². The number of hydrogen-bond donors (Lipinski definition) is 2. The molecule has 0 aromatic rings. The quantitative estimate of drug-likeness (QED) is 0.824. The molecular weight excluding hydrogens is 290 g/mol. The Kier molecular flexibility index (Phi) is 7.46. The monoisotopic (exact) mass is 317 g/mol. The molecule has 1 aliphatic heterocycles. The van der Waals surface area contributed by atoms with Gasteiger partial charge in [-0.2, -0.15) is 0 Å². The Labute approximate surface area is 133 Å². The number of nitrogens with one attached hydrogen (secondary N) is 1. The first-order valence-electron chi connectivity index (χ1n) is 7.93. The summed E-state index contributed by atoms with van der Waals surface area (Å²) >= 11 is 0. The van der Waals surface area contributed by atoms with Crippen molar-refractivity contribution in [2.45, 2.75) is 64.0 Å². The van der Waals surface area contributed by atoms with E-state index in [4.69, 9.17) is 5.73 Å². The lowest BCUT2D eigenvalue weighted by molar-refractivity contribution is -0.134. The number of nitrogens with zero attached hydrogens (tertiary/aromatic N) is 1. The average molecular weight is 318 g/mol. The minimum absolute atomic E-state index is 0. The van der Waals surface area contributed by atoms with Gasteiger partial charge in [-0.15, -0.1) is 12.4 Å². The molecule has 2 amide bonds. The topological polar surface area (TPSA) is 75.4 Å². The van der Waals surface area contributed by atoms with Crippen molar-refractivity contribution in [1.82, 2.24) is 10.2 Å². The predicted molar refractivity (Wildman–Crippen MR) is 85.2 cm³/mol. The van der Waals surface area contributed by atoms with Gasteiger partial charge >= 0.3 is 0 Å². The van der Waals surface area contributed by atoms with Crippen molar-refractivity contribution in [3.05, 3.63) is 0 Å². The molecular formula is C15H28ClN3O2. The van der Waals surface area contributed by atoms with E-state index in [0.717, 1.165) is 38.6 Å². The summed E-state index contributed by atoms with van der Waals surface area (Å²) in [5.41, 5.74) is 6.04. The van der Waals surface area contributed by atoms with Crippen LogP contribution in [0.5, 0.6) is 0 Å². The number of carbonyl (C=O) groups excluding carboxylic acids is 2. The van der Waals surface area contributed by atoms with Crippen molar-refractivity contribution in [2.24, 2.45) is 11.7 Å². The van der Waals surface area contributed by atoms with Gasteiger partial charge in [-0.05, 0) is 31.6 Å². The van der Waals surface area contributed by atoms with Gasteiger partial charge in [0.05, 0.1) is 0 Å². The molecule has 1 aliphatic carbocycles. The van der Waals surface area contributed by atoms with Crippen LogP contribution in [0.4, 0.5) is 0 Å². The smallest absolute Gasteiger partial charge is 0.222 e. The predicted octanol–water partition coefficient (Wildman–Crippen LogP) is 1.44. The van der Waals surface area contributed by atoms with Crippen molar-refractivity contribution in [3.63, 3.8) is 0 Å². The van der Waals surface area contributed by atoms with Gasteiger partial charge in [0.2, 0.25) is 11.8 Å². The summed E-state index contributed by atoms with van der Waals surface area (Å²) in [5, 5.41) is 3.00. The number of nitrogens with two attached hydrogens (primary N) is 1. The van der Waals surface area contributed by atoms with Gasteiger partial charge < -0.3 is 16.0 Å². The van der Waals surface area contributed by atoms with Crippen LogP contribution in [0, 0.1) is 5.92 Å². The second-order valence-electron chi connectivity index (χ2n) is 6.16. The van der Waals surface area contributed by atoms with Crippen LogP contribution in [0.3, 0.4) is 0 Å². The molecule has 0 spiro atoms. The molecule has 2 rings (SSSR count). The number of hydrogen-bond acceptors (Lipinski definition) is 3. The molecule has 0 aromatic carbocycles. The van der Waals surface area contributed by atoms with Crippen LogP contribution in [0.25, 0.3) is 0 Å². The summed E-state index contributed by atoms with van der Waals surface area (Å²) in [6.45, 7) is 3.33. The Morgan fingerprint density at radius 2 is 2.00 bits per heavy atom. The van der Waals surface area contributed by atoms with Gasteiger partial charge in [0.15, 0.2) is 0 Å². The zero-order chi connectivity index (χ0) is 14.5. The van der Waals surface area contributed by atoms with Crippen LogP contribution >= 0.6 is 12.4 Å². The molecule has 5 nitrogen and oxygen atoms in total. The first-order chi connectivity index (χ1) is 9.60. The second kappa shape index (κ2) is 8.59. The Balaban J connectivity index is 0.00000220. The number of rotatable bonds is 4. The summed E-state index contributed by atoms with van der Waals surface area (Å²) in [7, 11) is 0. The average Bonchev–Trinajstić information content (AvgIpc) is 2.84. The lowest BCUT2D eigenvalue weighted by atomic mass is 9.98. The molecule has 2 aliphatic rings. The second-order valence-corrected chi connectivity index (χ2v) is 6.16. The van der Waals surface area contributed by atoms with Gasteiger partial charge in [-0.1, -0.05) is 13.3 Å². The van der Waals surface area contributed by atoms with Crippen molar-refractivity contribution in [2.75, 3.05) is 13.1 Å². The maximum atomic E-state index is 12.4. The molecule has 2 fully saturated rings. The van der Waals surface area contributed by atoms with Crippen LogP contribution in [0.15, 0.2) is 0 Å². The van der Waals surface area contributed by atoms with E-state index in [1.807, 2.05) is 11.8 Å². The molecule has 1 heterocycles. The Morgan fingerprint density at radius 3 is 2.62 bits per heavy atom. The van der Waals surface area contributed by atoms with E-state index in [1.165, 1.54) is 0 Å². The number of piperidine rings is 1. The van der Waals surface area contributed by atoms with Crippen molar-refractivity contribution in [1.29, 1.82) is 0 Å². The lowest BCUT2D eigenvalue weighted by Gasteiger charge is -2.34. The summed E-state index contributed by atoms with van der Waals surface area (Å²) in [6, 6.07) is 0.316. The molecule has 6 heteroatoms. The molecule has 1 saturated heterocycles. The maximum absolute atomic E-state index is 12.4. The SMILES string of the molecule is CCC(=O)NC1CCCN(C(=O)C[C@@H]2CCC[C@H]2N)C1.Cl. The third-order valence-corrected chi connectivity index (χ3v) is 4.62. The summed E-state index contributed by atoms with van der Waals surface area (Å²) in [5.74, 6) is 0.637. The molecule has 3 atom stereocenters. The fraction of sp³-hybridized carbons (Fsp3) is 0.867. The molecule has 21 heavy (non-hydrogen) atoms. The van der Waals surface area contributed by atoms with E-state index in [0.29, 0.717) is 25.3 Å². The highest BCUT2D eigenvalue weighted by Crippen LogP contribution is 2.27. The minimum Gasteiger partial charge on any atom is -0.352 e. The van der Waals surface area contributed by atoms with Crippen LogP contribution in [0.1, 0.15) is 51.9 Å². The third-order valence-electron chi connectivity index (χ3n) is 4.62. The largest absolute Gasteiger partial charge is 0.352 e. The third kappa shape index (κ3) is 5.15. The molecule has 0 bridgehead atoms. The van der Waals surface area contributed by atoms with Gasteiger partial charge in [0.1, 0.15) is 0 Å². The standard InChI is InChI=1S/C15H27N3O2.ClH/c1-2-14(19)17-12-6-4-8-18(10-12)15(20)9-11-5-3-7-13(11)16;/h11-13H,2-10,16H2,1H3,(H,17,19);1H/t11-,12?,13+;/m0./s1. The fourth-order valence-corrected chi connectivity index (χ4v) is 3.32. The van der Waals surface area contributed by atoms with Crippen LogP contribution in [-0.4, -0.2) is 41.9 Å². The molecule has 122 valence electrons. The minimum atomic E-state index is 0. The molecule has 1 saturated carbocycles. The van der Waals surface area contributed by atoms with E-state index in [-0.39, 0.29) is 36.3 Å². The highest BCUT2D eigenvalue weighted by Gasteiger charge is 2.30. The highest BCUT2D eigenvalue weighted by atomic mass is 35.5. The molecule has 3 N–H and O–H groups in total. The first kappa shape index (κ1) is 18.2. The van der Waals surface area contributed by atoms with E-state index in [2.05, 4.69) is 5.32 Å². The first-order valence-corrected chi connectivity index (χ1v) is 7.93. The van der Waals surface area contributed by atoms with Gasteiger partial charge in [-0.3, -0.25) is 9.59 Å². The Bertz CT molecular complexity index is 365. The molecule has 0 radical (unpaired) electrons. The van der Waals surface area contributed by atoms with Gasteiger partial charge in [-0.25, -0.2) is 0 Å². The van der Waals surface area contributed by atoms with E-state index < -0.39 is 0 Å². The fourth-order valence-electron chi connectivity index (χ4n) is 3.32. The summed E-state index contributed by atoms with van der Waals surface area (Å²) in [4.78, 5) is 25.7. The lowest BCUT2D eigenvalue weighted by Crippen LogP contribution is -2.50. The summed E-state index contributed by atoms with van der Waals surface area (Å²) < 4.78 is 0. The highest BCUT2D eigenvalue weighted by molar-refractivity contribution is 5.85. The summed E-state index contributed by atoms with van der Waals surface area (Å²) in [6.07, 6.45) is 6.30. The molecule has 0 aromatic heterocycles. The molecule has 1 unspecified atom stereocenters. The Hall–Kier alpha value is -0.810.